The molecule has 4 aromatic heterocycles. The Morgan fingerprint density at radius 2 is 2.00 bits per heavy atom. The van der Waals surface area contributed by atoms with Gasteiger partial charge in [0.05, 0.1) is 46.8 Å². The first-order valence-corrected chi connectivity index (χ1v) is 12.4. The molecule has 2 unspecified atom stereocenters. The summed E-state index contributed by atoms with van der Waals surface area (Å²) in [6.45, 7) is 4.83. The fourth-order valence-electron chi connectivity index (χ4n) is 5.86. The van der Waals surface area contributed by atoms with Crippen molar-refractivity contribution in [3.8, 4) is 0 Å². The van der Waals surface area contributed by atoms with Crippen molar-refractivity contribution in [2.24, 2.45) is 11.8 Å². The van der Waals surface area contributed by atoms with Crippen LogP contribution >= 0.6 is 0 Å². The van der Waals surface area contributed by atoms with E-state index in [1.54, 1.807) is 18.6 Å². The number of anilines is 1. The van der Waals surface area contributed by atoms with E-state index < -0.39 is 17.8 Å². The van der Waals surface area contributed by atoms with Crippen LogP contribution < -0.4 is 10.2 Å². The standard InChI is InChI=1S/C25H25F2N9O/c1-12-14(5-29-24(31-12)36-9-18-19(10-36)25(18,26)27)7-35-8-17(16-6-28-11-30-22(16)35)23(37)32-20-4-3-15-13(2)33-34-21(15)20/h5-6,8,11,18-20H,3-4,7,9-10H2,1-2H3,(H,32,37)(H,33,34)/t18?,19?,20-/m1/s1. The second-order valence-corrected chi connectivity index (χ2v) is 10.3. The predicted octanol–water partition coefficient (Wildman–Crippen LogP) is 2.73. The van der Waals surface area contributed by atoms with Gasteiger partial charge in [-0.05, 0) is 32.3 Å². The molecule has 3 atom stereocenters. The molecule has 1 saturated heterocycles. The second kappa shape index (κ2) is 7.77. The smallest absolute Gasteiger partial charge is 0.258 e. The van der Waals surface area contributed by atoms with Crippen LogP contribution in [0.3, 0.4) is 0 Å². The molecule has 1 aliphatic heterocycles. The third-order valence-corrected chi connectivity index (χ3v) is 8.12. The average Bonchev–Trinajstić information content (AvgIpc) is 3.49. The number of carbonyl (C=O) groups excluding carboxylic acids is 1. The zero-order chi connectivity index (χ0) is 25.5. The van der Waals surface area contributed by atoms with Crippen molar-refractivity contribution in [1.29, 1.82) is 0 Å². The highest BCUT2D eigenvalue weighted by Crippen LogP contribution is 2.59. The predicted molar refractivity (Wildman–Crippen MR) is 129 cm³/mol. The minimum Gasteiger partial charge on any atom is -0.344 e. The van der Waals surface area contributed by atoms with Gasteiger partial charge in [-0.1, -0.05) is 0 Å². The SMILES string of the molecule is Cc1nc(N2CC3C(C2)C3(F)F)ncc1Cn1cc(C(=O)N[C@@H]2CCc3c(C)n[nH]c32)c2cncnc21. The third-order valence-electron chi connectivity index (χ3n) is 8.12. The molecule has 0 radical (unpaired) electrons. The molecule has 0 bridgehead atoms. The van der Waals surface area contributed by atoms with E-state index in [1.165, 1.54) is 11.9 Å². The van der Waals surface area contributed by atoms with Crippen molar-refractivity contribution in [2.45, 2.75) is 45.2 Å². The number of halogens is 2. The van der Waals surface area contributed by atoms with Gasteiger partial charge in [0.15, 0.2) is 0 Å². The van der Waals surface area contributed by atoms with E-state index in [0.717, 1.165) is 35.5 Å². The summed E-state index contributed by atoms with van der Waals surface area (Å²) in [5.41, 5.74) is 5.86. The molecule has 0 spiro atoms. The number of aryl methyl sites for hydroxylation is 2. The van der Waals surface area contributed by atoms with Gasteiger partial charge in [-0.25, -0.2) is 28.7 Å². The van der Waals surface area contributed by atoms with Gasteiger partial charge in [0.1, 0.15) is 12.0 Å². The number of H-pyrrole nitrogens is 1. The lowest BCUT2D eigenvalue weighted by Crippen LogP contribution is -2.29. The number of hydrogen-bond donors (Lipinski definition) is 2. The maximum absolute atomic E-state index is 13.6. The Morgan fingerprint density at radius 3 is 2.78 bits per heavy atom. The van der Waals surface area contributed by atoms with Crippen molar-refractivity contribution in [1.82, 2.24) is 40.0 Å². The number of piperidine rings is 1. The number of rotatable bonds is 5. The van der Waals surface area contributed by atoms with E-state index >= 15 is 0 Å². The van der Waals surface area contributed by atoms with Gasteiger partial charge < -0.3 is 14.8 Å². The highest BCUT2D eigenvalue weighted by atomic mass is 19.3. The molecule has 1 saturated carbocycles. The number of hydrogen-bond acceptors (Lipinski definition) is 7. The molecule has 10 nitrogen and oxygen atoms in total. The first kappa shape index (κ1) is 22.3. The lowest BCUT2D eigenvalue weighted by molar-refractivity contribution is 0.0795. The Kier molecular flexibility index (Phi) is 4.67. The molecule has 5 heterocycles. The zero-order valence-corrected chi connectivity index (χ0v) is 20.4. The van der Waals surface area contributed by atoms with Crippen LogP contribution in [0.5, 0.6) is 0 Å². The first-order valence-electron chi connectivity index (χ1n) is 12.4. The third kappa shape index (κ3) is 3.41. The summed E-state index contributed by atoms with van der Waals surface area (Å²) in [5, 5.41) is 11.1. The van der Waals surface area contributed by atoms with Crippen molar-refractivity contribution in [3.63, 3.8) is 0 Å². The molecule has 1 amide bonds. The monoisotopic (exact) mass is 505 g/mol. The fourth-order valence-corrected chi connectivity index (χ4v) is 5.86. The topological polar surface area (TPSA) is 118 Å². The van der Waals surface area contributed by atoms with Crippen LogP contribution in [0.4, 0.5) is 14.7 Å². The number of aromatic amines is 1. The summed E-state index contributed by atoms with van der Waals surface area (Å²) in [5.74, 6) is -3.42. The Hall–Kier alpha value is -3.96. The summed E-state index contributed by atoms with van der Waals surface area (Å²) in [7, 11) is 0. The van der Waals surface area contributed by atoms with Crippen LogP contribution in [0, 0.1) is 25.7 Å². The van der Waals surface area contributed by atoms with E-state index in [0.29, 0.717) is 29.1 Å². The number of carbonyl (C=O) groups is 1. The van der Waals surface area contributed by atoms with E-state index in [-0.39, 0.29) is 25.0 Å². The highest BCUT2D eigenvalue weighted by molar-refractivity contribution is 6.06. The van der Waals surface area contributed by atoms with Crippen LogP contribution in [0.25, 0.3) is 11.0 Å². The molecule has 4 aromatic rings. The molecule has 0 aromatic carbocycles. The lowest BCUT2D eigenvalue weighted by atomic mass is 10.2. The van der Waals surface area contributed by atoms with Gasteiger partial charge in [0.2, 0.25) is 5.95 Å². The molecule has 12 heteroatoms. The minimum atomic E-state index is -2.54. The average molecular weight is 506 g/mol. The Balaban J connectivity index is 1.13. The van der Waals surface area contributed by atoms with Crippen LogP contribution in [0.15, 0.2) is 24.9 Å². The number of nitrogens with zero attached hydrogens (tertiary/aromatic N) is 7. The van der Waals surface area contributed by atoms with Crippen LogP contribution in [0.2, 0.25) is 0 Å². The summed E-state index contributed by atoms with van der Waals surface area (Å²) < 4.78 is 29.0. The summed E-state index contributed by atoms with van der Waals surface area (Å²) in [6, 6.07) is -0.119. The van der Waals surface area contributed by atoms with E-state index in [4.69, 9.17) is 0 Å². The zero-order valence-electron chi connectivity index (χ0n) is 20.4. The van der Waals surface area contributed by atoms with Gasteiger partial charge >= 0.3 is 0 Å². The number of fused-ring (bicyclic) bond motifs is 3. The molecule has 2 N–H and O–H groups in total. The van der Waals surface area contributed by atoms with Crippen molar-refractivity contribution in [3.05, 3.63) is 58.7 Å². The first-order chi connectivity index (χ1) is 17.8. The molecule has 3 aliphatic rings. The molecule has 2 aliphatic carbocycles. The number of nitrogens with one attached hydrogen (secondary N) is 2. The molecule has 190 valence electrons. The van der Waals surface area contributed by atoms with E-state index in [2.05, 4.69) is 35.5 Å². The molecular formula is C25H25F2N9O. The van der Waals surface area contributed by atoms with Gasteiger partial charge in [-0.15, -0.1) is 0 Å². The van der Waals surface area contributed by atoms with Crippen molar-refractivity contribution in [2.75, 3.05) is 18.0 Å². The summed E-state index contributed by atoms with van der Waals surface area (Å²) in [6.07, 6.45) is 8.32. The highest BCUT2D eigenvalue weighted by Gasteiger charge is 2.72. The number of alkyl halides is 2. The van der Waals surface area contributed by atoms with Gasteiger partial charge in [0.25, 0.3) is 11.8 Å². The molecule has 2 fully saturated rings. The normalized spacial score (nSPS) is 23.4. The Morgan fingerprint density at radius 1 is 1.19 bits per heavy atom. The Bertz CT molecular complexity index is 1550. The second-order valence-electron chi connectivity index (χ2n) is 10.3. The maximum atomic E-state index is 13.6. The van der Waals surface area contributed by atoms with Crippen molar-refractivity contribution < 1.29 is 13.6 Å². The number of aromatic nitrogens is 7. The summed E-state index contributed by atoms with van der Waals surface area (Å²) in [4.78, 5) is 32.8. The molecule has 37 heavy (non-hydrogen) atoms. The Labute approximate surface area is 210 Å². The largest absolute Gasteiger partial charge is 0.344 e. The van der Waals surface area contributed by atoms with Gasteiger partial charge in [-0.2, -0.15) is 5.10 Å². The van der Waals surface area contributed by atoms with Crippen LogP contribution in [0.1, 0.15) is 51.0 Å². The molecule has 7 rings (SSSR count). The van der Waals surface area contributed by atoms with Crippen molar-refractivity contribution >= 4 is 22.9 Å². The quantitative estimate of drug-likeness (QED) is 0.428. The number of amides is 1. The van der Waals surface area contributed by atoms with E-state index in [9.17, 15) is 13.6 Å². The molecular weight excluding hydrogens is 480 g/mol. The van der Waals surface area contributed by atoms with Gasteiger partial charge in [0, 0.05) is 42.9 Å². The maximum Gasteiger partial charge on any atom is 0.258 e. The van der Waals surface area contributed by atoms with E-state index in [1.807, 2.05) is 23.3 Å². The van der Waals surface area contributed by atoms with Crippen LogP contribution in [-0.4, -0.2) is 59.6 Å². The minimum absolute atomic E-state index is 0.119. The fraction of sp³-hybridized carbons (Fsp3) is 0.440. The van der Waals surface area contributed by atoms with Crippen LogP contribution in [-0.2, 0) is 13.0 Å². The van der Waals surface area contributed by atoms with Gasteiger partial charge in [-0.3, -0.25) is 9.89 Å². The summed E-state index contributed by atoms with van der Waals surface area (Å²) >= 11 is 0. The lowest BCUT2D eigenvalue weighted by Gasteiger charge is -2.20.